The summed E-state index contributed by atoms with van der Waals surface area (Å²) < 4.78 is 4.30. The lowest BCUT2D eigenvalue weighted by atomic mass is 9.99. The van der Waals surface area contributed by atoms with Gasteiger partial charge in [0.2, 0.25) is 5.69 Å². The lowest BCUT2D eigenvalue weighted by Gasteiger charge is -2.21. The van der Waals surface area contributed by atoms with Gasteiger partial charge in [-0.2, -0.15) is 5.26 Å². The molecule has 0 saturated heterocycles. The van der Waals surface area contributed by atoms with E-state index in [4.69, 9.17) is 39.9 Å². The van der Waals surface area contributed by atoms with Crippen LogP contribution in [0.1, 0.15) is 52.2 Å². The molecule has 74 heavy (non-hydrogen) atoms. The average Bonchev–Trinajstić information content (AvgIpc) is 3.88. The molecule has 0 aliphatic heterocycles. The van der Waals surface area contributed by atoms with Gasteiger partial charge in [0.15, 0.2) is 23.3 Å². The fourth-order valence-corrected chi connectivity index (χ4v) is 10.1. The van der Waals surface area contributed by atoms with E-state index in [1.165, 1.54) is 0 Å². The molecule has 0 unspecified atom stereocenters. The second-order valence-electron chi connectivity index (χ2n) is 18.2. The molecular formula is C58H42N16. The monoisotopic (exact) mass is 962 g/mol. The van der Waals surface area contributed by atoms with Crippen LogP contribution in [0.4, 0.5) is 5.69 Å². The first-order valence-electron chi connectivity index (χ1n) is 23.8. The van der Waals surface area contributed by atoms with Crippen molar-refractivity contribution >= 4 is 49.3 Å². The normalized spacial score (nSPS) is 11.5. The van der Waals surface area contributed by atoms with Gasteiger partial charge < -0.3 is 9.13 Å². The Morgan fingerprint density at radius 2 is 0.743 bits per heavy atom. The predicted molar refractivity (Wildman–Crippen MR) is 285 cm³/mol. The molecular weight excluding hydrogens is 921 g/mol. The van der Waals surface area contributed by atoms with Crippen molar-refractivity contribution in [1.82, 2.24) is 68.9 Å². The first-order valence-corrected chi connectivity index (χ1v) is 23.8. The van der Waals surface area contributed by atoms with Crippen molar-refractivity contribution in [2.75, 3.05) is 0 Å². The van der Waals surface area contributed by atoms with Gasteiger partial charge in [0, 0.05) is 43.8 Å². The minimum atomic E-state index is 0.339. The standard InChI is InChI=1S/C58H42N16/c1-29-61-30(2)66-55(65-29)39-13-17-44-45-18-14-40(56-67-31(3)62-32(4)68-56)25-50(45)73(49(44)24-39)48-22-21-43(38-12-10-11-37(23-38)28-59)54(53(48)60-9)74-51-26-41(57-69-33(5)63-34(6)70-57)15-19-46(51)47-20-16-42(27-52(47)74)58-71-35(7)64-36(8)72-58/h10-27H,1-8H3. The molecule has 0 aliphatic carbocycles. The first-order chi connectivity index (χ1) is 35.8. The minimum Gasteiger partial charge on any atom is -0.319 e. The third kappa shape index (κ3) is 7.69. The van der Waals surface area contributed by atoms with E-state index in [1.54, 1.807) is 6.07 Å². The summed E-state index contributed by atoms with van der Waals surface area (Å²) in [5.74, 6) is 6.94. The maximum absolute atomic E-state index is 10.3. The van der Waals surface area contributed by atoms with E-state index in [0.29, 0.717) is 92.5 Å². The van der Waals surface area contributed by atoms with Crippen LogP contribution in [0.25, 0.3) is 117 Å². The van der Waals surface area contributed by atoms with E-state index in [0.717, 1.165) is 77.0 Å². The molecule has 16 heteroatoms. The highest BCUT2D eigenvalue weighted by Crippen LogP contribution is 2.47. The Kier molecular flexibility index (Phi) is 10.6. The Bertz CT molecular complexity index is 4160. The summed E-state index contributed by atoms with van der Waals surface area (Å²) in [4.78, 5) is 60.6. The Labute approximate surface area is 424 Å². The number of aryl methyl sites for hydroxylation is 8. The summed E-state index contributed by atoms with van der Waals surface area (Å²) in [6.45, 7) is 24.3. The Morgan fingerprint density at radius 3 is 1.08 bits per heavy atom. The highest BCUT2D eigenvalue weighted by molar-refractivity contribution is 6.14. The van der Waals surface area contributed by atoms with Gasteiger partial charge in [-0.05, 0) is 109 Å². The van der Waals surface area contributed by atoms with Crippen molar-refractivity contribution < 1.29 is 0 Å². The maximum atomic E-state index is 10.3. The van der Waals surface area contributed by atoms with Gasteiger partial charge >= 0.3 is 0 Å². The molecule has 0 spiro atoms. The fraction of sp³-hybridized carbons (Fsp3) is 0.138. The van der Waals surface area contributed by atoms with Gasteiger partial charge in [-0.25, -0.2) is 64.7 Å². The average molecular weight is 963 g/mol. The topological polar surface area (TPSA) is 193 Å². The number of nitrogens with zero attached hydrogens (tertiary/aromatic N) is 16. The van der Waals surface area contributed by atoms with Gasteiger partial charge in [-0.15, -0.1) is 0 Å². The van der Waals surface area contributed by atoms with Gasteiger partial charge in [0.05, 0.1) is 51.6 Å². The quantitative estimate of drug-likeness (QED) is 0.137. The van der Waals surface area contributed by atoms with Crippen LogP contribution in [-0.4, -0.2) is 68.9 Å². The van der Waals surface area contributed by atoms with Crippen LogP contribution in [0.3, 0.4) is 0 Å². The third-order valence-corrected chi connectivity index (χ3v) is 13.0. The molecule has 0 atom stereocenters. The first kappa shape index (κ1) is 45.1. The number of benzene rings is 6. The van der Waals surface area contributed by atoms with Crippen molar-refractivity contribution in [3.63, 3.8) is 0 Å². The second kappa shape index (κ2) is 17.4. The van der Waals surface area contributed by atoms with Crippen molar-refractivity contribution in [3.05, 3.63) is 173 Å². The van der Waals surface area contributed by atoms with Crippen LogP contribution in [0.15, 0.2) is 109 Å². The van der Waals surface area contributed by atoms with E-state index in [1.807, 2.05) is 110 Å². The number of hydrogen-bond donors (Lipinski definition) is 0. The van der Waals surface area contributed by atoms with Crippen molar-refractivity contribution in [1.29, 1.82) is 5.26 Å². The summed E-state index contributed by atoms with van der Waals surface area (Å²) in [7, 11) is 0. The Hall–Kier alpha value is -10.1. The van der Waals surface area contributed by atoms with Gasteiger partial charge in [0.25, 0.3) is 0 Å². The number of rotatable bonds is 7. The van der Waals surface area contributed by atoms with Gasteiger partial charge in [-0.3, -0.25) is 0 Å². The third-order valence-electron chi connectivity index (χ3n) is 13.0. The van der Waals surface area contributed by atoms with E-state index < -0.39 is 0 Å². The van der Waals surface area contributed by atoms with Crippen molar-refractivity contribution in [2.24, 2.45) is 0 Å². The second-order valence-corrected chi connectivity index (χ2v) is 18.2. The van der Waals surface area contributed by atoms with Crippen LogP contribution in [-0.2, 0) is 0 Å². The van der Waals surface area contributed by atoms with E-state index >= 15 is 0 Å². The number of nitriles is 1. The molecule has 6 aromatic heterocycles. The summed E-state index contributed by atoms with van der Waals surface area (Å²) in [6, 6.07) is 38.6. The molecule has 0 saturated carbocycles. The van der Waals surface area contributed by atoms with E-state index in [2.05, 4.69) is 88.5 Å². The van der Waals surface area contributed by atoms with E-state index in [9.17, 15) is 11.8 Å². The molecule has 6 heterocycles. The van der Waals surface area contributed by atoms with Gasteiger partial charge in [-0.1, -0.05) is 66.7 Å². The molecule has 0 aliphatic rings. The van der Waals surface area contributed by atoms with Crippen molar-refractivity contribution in [3.8, 4) is 74.1 Å². The zero-order valence-corrected chi connectivity index (χ0v) is 41.5. The molecule has 0 fully saturated rings. The SMILES string of the molecule is [C-]#[N+]c1c(-n2c3cc(-c4nc(C)nc(C)n4)ccc3c3ccc(-c4nc(C)nc(C)n4)cc32)ccc(-c2cccc(C#N)c2)c1-n1c2cc(-c3nc(C)nc(C)n3)ccc2c2ccc(-c3nc(C)nc(C)n3)cc21. The molecule has 0 amide bonds. The zero-order valence-electron chi connectivity index (χ0n) is 41.5. The largest absolute Gasteiger partial charge is 0.319 e. The zero-order chi connectivity index (χ0) is 51.1. The Balaban J connectivity index is 1.24. The molecule has 0 bridgehead atoms. The highest BCUT2D eigenvalue weighted by Gasteiger charge is 2.27. The predicted octanol–water partition coefficient (Wildman–Crippen LogP) is 11.8. The maximum Gasteiger partial charge on any atom is 0.234 e. The molecule has 12 aromatic rings. The fourth-order valence-electron chi connectivity index (χ4n) is 10.1. The minimum absolute atomic E-state index is 0.339. The van der Waals surface area contributed by atoms with Crippen molar-refractivity contribution in [2.45, 2.75) is 55.4 Å². The summed E-state index contributed by atoms with van der Waals surface area (Å²) in [5, 5.41) is 14.0. The van der Waals surface area contributed by atoms with Crippen LogP contribution < -0.4 is 0 Å². The highest BCUT2D eigenvalue weighted by atomic mass is 15.1. The van der Waals surface area contributed by atoms with E-state index in [-0.39, 0.29) is 0 Å². The molecule has 0 radical (unpaired) electrons. The smallest absolute Gasteiger partial charge is 0.234 e. The molecule has 0 N–H and O–H groups in total. The summed E-state index contributed by atoms with van der Waals surface area (Å²) in [5.41, 5.74) is 9.79. The summed E-state index contributed by atoms with van der Waals surface area (Å²) >= 11 is 0. The molecule has 16 nitrogen and oxygen atoms in total. The number of hydrogen-bond acceptors (Lipinski definition) is 13. The van der Waals surface area contributed by atoms with Crippen LogP contribution in [0.2, 0.25) is 0 Å². The van der Waals surface area contributed by atoms with Crippen LogP contribution >= 0.6 is 0 Å². The molecule has 6 aromatic carbocycles. The van der Waals surface area contributed by atoms with Crippen LogP contribution in [0.5, 0.6) is 0 Å². The Morgan fingerprint density at radius 1 is 0.392 bits per heavy atom. The molecule has 354 valence electrons. The lowest BCUT2D eigenvalue weighted by Crippen LogP contribution is -2.04. The lowest BCUT2D eigenvalue weighted by molar-refractivity contribution is 0.928. The molecule has 12 rings (SSSR count). The van der Waals surface area contributed by atoms with Crippen LogP contribution in [0, 0.1) is 73.3 Å². The number of fused-ring (bicyclic) bond motifs is 6. The van der Waals surface area contributed by atoms with Gasteiger partial charge in [0.1, 0.15) is 46.6 Å². The summed E-state index contributed by atoms with van der Waals surface area (Å²) in [6.07, 6.45) is 0. The number of aromatic nitrogens is 14.